The quantitative estimate of drug-likeness (QED) is 0.649. The monoisotopic (exact) mass is 320 g/mol. The molecule has 2 aliphatic carbocycles. The fraction of sp³-hybridized carbons (Fsp3) is 0.700. The minimum absolute atomic E-state index is 0.0485. The maximum Gasteiger partial charge on any atom is 0.105 e. The molecule has 0 amide bonds. The maximum atomic E-state index is 10.8. The second kappa shape index (κ2) is 6.92. The van der Waals surface area contributed by atoms with Gasteiger partial charge in [-0.15, -0.1) is 0 Å². The Morgan fingerprint density at radius 3 is 2.52 bits per heavy atom. The normalized spacial score (nSPS) is 39.6. The van der Waals surface area contributed by atoms with Crippen molar-refractivity contribution in [2.75, 3.05) is 0 Å². The molecule has 0 aromatic heterocycles. The smallest absolute Gasteiger partial charge is 0.105 e. The van der Waals surface area contributed by atoms with Gasteiger partial charge in [-0.2, -0.15) is 0 Å². The highest BCUT2D eigenvalue weighted by atomic mass is 16.3. The average molecular weight is 320 g/mol. The van der Waals surface area contributed by atoms with E-state index in [4.69, 9.17) is 0 Å². The van der Waals surface area contributed by atoms with E-state index in [1.165, 1.54) is 5.57 Å². The first-order valence-electron chi connectivity index (χ1n) is 8.79. The molecule has 3 N–H and O–H groups in total. The molecule has 23 heavy (non-hydrogen) atoms. The lowest BCUT2D eigenvalue weighted by molar-refractivity contribution is 0.0295. The highest BCUT2D eigenvalue weighted by Crippen LogP contribution is 2.46. The van der Waals surface area contributed by atoms with E-state index in [9.17, 15) is 15.3 Å². The Balaban J connectivity index is 2.50. The Kier molecular flexibility index (Phi) is 5.55. The highest BCUT2D eigenvalue weighted by molar-refractivity contribution is 5.26. The summed E-state index contributed by atoms with van der Waals surface area (Å²) in [6.45, 7) is 12.1. The molecule has 1 fully saturated rings. The predicted octanol–water partition coefficient (Wildman–Crippen LogP) is 3.36. The van der Waals surface area contributed by atoms with Crippen LogP contribution in [0.25, 0.3) is 0 Å². The molecule has 0 spiro atoms. The summed E-state index contributed by atoms with van der Waals surface area (Å²) < 4.78 is 0. The number of hydrogen-bond donors (Lipinski definition) is 3. The first-order valence-corrected chi connectivity index (χ1v) is 8.79. The Labute approximate surface area is 140 Å². The van der Waals surface area contributed by atoms with Crippen LogP contribution < -0.4 is 0 Å². The molecule has 0 radical (unpaired) electrons. The van der Waals surface area contributed by atoms with Crippen LogP contribution in [0.1, 0.15) is 53.4 Å². The van der Waals surface area contributed by atoms with Crippen LogP contribution in [0.15, 0.2) is 35.5 Å². The van der Waals surface area contributed by atoms with E-state index in [2.05, 4.69) is 6.58 Å². The van der Waals surface area contributed by atoms with Crippen LogP contribution in [0.5, 0.6) is 0 Å². The average Bonchev–Trinajstić information content (AvgIpc) is 2.76. The van der Waals surface area contributed by atoms with E-state index >= 15 is 0 Å². The molecular weight excluding hydrogens is 288 g/mol. The van der Waals surface area contributed by atoms with Gasteiger partial charge in [0.2, 0.25) is 0 Å². The lowest BCUT2D eigenvalue weighted by atomic mass is 9.79. The van der Waals surface area contributed by atoms with Crippen molar-refractivity contribution in [3.8, 4) is 0 Å². The van der Waals surface area contributed by atoms with Crippen molar-refractivity contribution in [3.63, 3.8) is 0 Å². The standard InChI is InChI=1S/C20H32O3/c1-12(2)16-11-17-15(9-10-20(17,5)23)13(3)7-6-8-14(4)18(21)19(16)22/h8,11-12,15,17-19,21-23H,3,6-7,9-10H2,1-2,4-5H3/t15-,17-,18+,19+,20-/m0/s1. The van der Waals surface area contributed by atoms with Crippen LogP contribution in [-0.4, -0.2) is 33.1 Å². The molecule has 5 atom stereocenters. The molecule has 0 aromatic carbocycles. The van der Waals surface area contributed by atoms with E-state index in [1.807, 2.05) is 39.8 Å². The summed E-state index contributed by atoms with van der Waals surface area (Å²) in [7, 11) is 0. The van der Waals surface area contributed by atoms with Gasteiger partial charge in [-0.3, -0.25) is 0 Å². The van der Waals surface area contributed by atoms with Gasteiger partial charge in [0.25, 0.3) is 0 Å². The van der Waals surface area contributed by atoms with Crippen molar-refractivity contribution >= 4 is 0 Å². The molecule has 130 valence electrons. The molecule has 0 aromatic rings. The van der Waals surface area contributed by atoms with Crippen LogP contribution >= 0.6 is 0 Å². The van der Waals surface area contributed by atoms with Gasteiger partial charge < -0.3 is 15.3 Å². The van der Waals surface area contributed by atoms with Gasteiger partial charge in [-0.1, -0.05) is 38.2 Å². The zero-order chi connectivity index (χ0) is 17.4. The van der Waals surface area contributed by atoms with Crippen molar-refractivity contribution in [2.24, 2.45) is 17.8 Å². The van der Waals surface area contributed by atoms with Gasteiger partial charge in [0.1, 0.15) is 12.2 Å². The molecule has 0 unspecified atom stereocenters. The van der Waals surface area contributed by atoms with Crippen LogP contribution in [0.3, 0.4) is 0 Å². The van der Waals surface area contributed by atoms with Crippen molar-refractivity contribution in [1.29, 1.82) is 0 Å². The molecule has 2 rings (SSSR count). The van der Waals surface area contributed by atoms with Crippen LogP contribution in [0.4, 0.5) is 0 Å². The summed E-state index contributed by atoms with van der Waals surface area (Å²) in [5.41, 5.74) is 2.00. The van der Waals surface area contributed by atoms with E-state index in [1.54, 1.807) is 0 Å². The zero-order valence-corrected chi connectivity index (χ0v) is 14.9. The Morgan fingerprint density at radius 1 is 1.26 bits per heavy atom. The van der Waals surface area contributed by atoms with Gasteiger partial charge >= 0.3 is 0 Å². The van der Waals surface area contributed by atoms with E-state index < -0.39 is 17.8 Å². The van der Waals surface area contributed by atoms with Crippen LogP contribution in [0, 0.1) is 17.8 Å². The lowest BCUT2D eigenvalue weighted by Crippen LogP contribution is -2.35. The molecular formula is C20H32O3. The van der Waals surface area contributed by atoms with Gasteiger partial charge in [0.05, 0.1) is 5.60 Å². The third-order valence-corrected chi connectivity index (χ3v) is 5.72. The third-order valence-electron chi connectivity index (χ3n) is 5.72. The molecule has 0 bridgehead atoms. The Morgan fingerprint density at radius 2 is 1.91 bits per heavy atom. The second-order valence-corrected chi connectivity index (χ2v) is 7.88. The van der Waals surface area contributed by atoms with Crippen molar-refractivity contribution in [3.05, 3.63) is 35.5 Å². The minimum atomic E-state index is -0.922. The number of aliphatic hydroxyl groups is 3. The molecule has 0 heterocycles. The number of rotatable bonds is 1. The minimum Gasteiger partial charge on any atom is -0.390 e. The summed E-state index contributed by atoms with van der Waals surface area (Å²) in [5, 5.41) is 32.0. The van der Waals surface area contributed by atoms with Gasteiger partial charge in [-0.05, 0) is 62.5 Å². The van der Waals surface area contributed by atoms with E-state index in [0.717, 1.165) is 36.8 Å². The van der Waals surface area contributed by atoms with Gasteiger partial charge in [-0.25, -0.2) is 0 Å². The number of fused-ring (bicyclic) bond motifs is 1. The van der Waals surface area contributed by atoms with Crippen molar-refractivity contribution in [2.45, 2.75) is 71.2 Å². The van der Waals surface area contributed by atoms with Crippen molar-refractivity contribution in [1.82, 2.24) is 0 Å². The first kappa shape index (κ1) is 18.4. The lowest BCUT2D eigenvalue weighted by Gasteiger charge is -2.31. The largest absolute Gasteiger partial charge is 0.390 e. The fourth-order valence-corrected chi connectivity index (χ4v) is 4.04. The summed E-state index contributed by atoms with van der Waals surface area (Å²) in [6.07, 6.45) is 5.58. The fourth-order valence-electron chi connectivity index (χ4n) is 4.04. The predicted molar refractivity (Wildman–Crippen MR) is 93.9 cm³/mol. The highest BCUT2D eigenvalue weighted by Gasteiger charge is 2.44. The zero-order valence-electron chi connectivity index (χ0n) is 14.9. The topological polar surface area (TPSA) is 60.7 Å². The van der Waals surface area contributed by atoms with Crippen molar-refractivity contribution < 1.29 is 15.3 Å². The van der Waals surface area contributed by atoms with Gasteiger partial charge in [0.15, 0.2) is 0 Å². The number of aliphatic hydroxyl groups excluding tert-OH is 2. The second-order valence-electron chi connectivity index (χ2n) is 7.88. The summed E-state index contributed by atoms with van der Waals surface area (Å²) >= 11 is 0. The molecule has 3 heteroatoms. The maximum absolute atomic E-state index is 10.8. The molecule has 1 saturated carbocycles. The Hall–Kier alpha value is -0.900. The number of allylic oxidation sites excluding steroid dienone is 2. The summed E-state index contributed by atoms with van der Waals surface area (Å²) in [4.78, 5) is 0. The van der Waals surface area contributed by atoms with E-state index in [0.29, 0.717) is 0 Å². The molecule has 0 saturated heterocycles. The first-order chi connectivity index (χ1) is 10.6. The summed E-state index contributed by atoms with van der Waals surface area (Å²) in [5.74, 6) is 0.307. The van der Waals surface area contributed by atoms with Crippen LogP contribution in [0.2, 0.25) is 0 Å². The Bertz CT molecular complexity index is 513. The third kappa shape index (κ3) is 3.78. The molecule has 0 aliphatic heterocycles. The van der Waals surface area contributed by atoms with Gasteiger partial charge in [0, 0.05) is 5.92 Å². The number of hydrogen-bond acceptors (Lipinski definition) is 3. The molecule has 3 nitrogen and oxygen atoms in total. The summed E-state index contributed by atoms with van der Waals surface area (Å²) in [6, 6.07) is 0. The SMILES string of the molecule is C=C1CCC=C(C)[C@@H](O)[C@H](O)C(C(C)C)=C[C@H]2[C@H]1CC[C@]2(C)O. The molecule has 2 aliphatic rings. The van der Waals surface area contributed by atoms with Crippen LogP contribution in [-0.2, 0) is 0 Å². The van der Waals surface area contributed by atoms with E-state index in [-0.39, 0.29) is 17.8 Å².